The molecule has 1 aromatic carbocycles. The van der Waals surface area contributed by atoms with Crippen molar-refractivity contribution in [2.75, 3.05) is 6.61 Å². The summed E-state index contributed by atoms with van der Waals surface area (Å²) in [5, 5.41) is 86.2. The second-order valence-corrected chi connectivity index (χ2v) is 14.7. The third-order valence-electron chi connectivity index (χ3n) is 11.9. The molecule has 13 atom stereocenters. The molecule has 0 amide bonds. The van der Waals surface area contributed by atoms with E-state index in [1.54, 1.807) is 19.9 Å². The molecule has 5 rings (SSSR count). The lowest BCUT2D eigenvalue weighted by atomic mass is 9.42. The zero-order valence-electron chi connectivity index (χ0n) is 27.2. The number of benzene rings is 1. The molecule has 0 bridgehead atoms. The van der Waals surface area contributed by atoms with Gasteiger partial charge in [0.15, 0.2) is 11.5 Å². The molecule has 0 radical (unpaired) electrons. The number of carbonyl (C=O) groups excluding carboxylic acids is 1. The van der Waals surface area contributed by atoms with Crippen LogP contribution in [0.1, 0.15) is 64.2 Å². The lowest BCUT2D eigenvalue weighted by molar-refractivity contribution is -0.277. The Hall–Kier alpha value is -2.61. The fourth-order valence-corrected chi connectivity index (χ4v) is 9.09. The summed E-state index contributed by atoms with van der Waals surface area (Å²) in [7, 11) is 0. The lowest BCUT2D eigenvalue weighted by Gasteiger charge is -2.60. The Bertz CT molecular complexity index is 1460. The maximum absolute atomic E-state index is 14.5. The average Bonchev–Trinajstić information content (AvgIpc) is 3.19. The van der Waals surface area contributed by atoms with Gasteiger partial charge in [0, 0.05) is 17.9 Å². The Kier molecular flexibility index (Phi) is 8.70. The fourth-order valence-electron chi connectivity index (χ4n) is 9.09. The van der Waals surface area contributed by atoms with Crippen molar-refractivity contribution in [2.24, 2.45) is 22.7 Å². The molecule has 11 nitrogen and oxygen atoms in total. The Labute approximate surface area is 269 Å². The summed E-state index contributed by atoms with van der Waals surface area (Å²) in [6, 6.07) is 1.52. The van der Waals surface area contributed by atoms with Crippen LogP contribution in [0.3, 0.4) is 0 Å². The highest BCUT2D eigenvalue weighted by atomic mass is 16.7. The Morgan fingerprint density at radius 1 is 1.17 bits per heavy atom. The molecule has 4 aliphatic rings. The minimum absolute atomic E-state index is 0.0125. The van der Waals surface area contributed by atoms with E-state index in [2.05, 4.69) is 6.58 Å². The van der Waals surface area contributed by atoms with Gasteiger partial charge in [-0.1, -0.05) is 50.3 Å². The van der Waals surface area contributed by atoms with Gasteiger partial charge in [0.2, 0.25) is 6.29 Å². The van der Waals surface area contributed by atoms with E-state index in [1.807, 2.05) is 32.9 Å². The molecule has 46 heavy (non-hydrogen) atoms. The van der Waals surface area contributed by atoms with Crippen LogP contribution in [0.15, 0.2) is 36.4 Å². The summed E-state index contributed by atoms with van der Waals surface area (Å²) in [5.41, 5.74) is -2.36. The molecule has 2 saturated carbocycles. The molecular weight excluding hydrogens is 596 g/mol. The van der Waals surface area contributed by atoms with Crippen LogP contribution >= 0.6 is 0 Å². The first-order valence-electron chi connectivity index (χ1n) is 15.7. The van der Waals surface area contributed by atoms with E-state index >= 15 is 0 Å². The van der Waals surface area contributed by atoms with Gasteiger partial charge >= 0.3 is 0 Å². The van der Waals surface area contributed by atoms with E-state index < -0.39 is 83.2 Å². The number of phenols is 1. The number of aliphatic hydroxyl groups excluding tert-OH is 6. The van der Waals surface area contributed by atoms with Crippen molar-refractivity contribution in [3.63, 3.8) is 0 Å². The summed E-state index contributed by atoms with van der Waals surface area (Å²) in [6.45, 7) is 13.8. The molecule has 1 heterocycles. The zero-order valence-corrected chi connectivity index (χ0v) is 27.2. The van der Waals surface area contributed by atoms with Crippen molar-refractivity contribution in [3.05, 3.63) is 53.1 Å². The van der Waals surface area contributed by atoms with Crippen LogP contribution in [-0.2, 0) is 14.9 Å². The van der Waals surface area contributed by atoms with Crippen molar-refractivity contribution >= 4 is 11.9 Å². The van der Waals surface area contributed by atoms with Gasteiger partial charge in [-0.2, -0.15) is 0 Å². The summed E-state index contributed by atoms with van der Waals surface area (Å²) >= 11 is 0. The molecule has 3 aliphatic carbocycles. The van der Waals surface area contributed by atoms with E-state index in [9.17, 15) is 45.6 Å². The molecule has 3 fully saturated rings. The minimum Gasteiger partial charge on any atom is -0.504 e. The molecule has 254 valence electrons. The molecule has 13 unspecified atom stereocenters. The van der Waals surface area contributed by atoms with Crippen LogP contribution in [0.4, 0.5) is 0 Å². The predicted molar refractivity (Wildman–Crippen MR) is 168 cm³/mol. The third-order valence-corrected chi connectivity index (χ3v) is 11.9. The van der Waals surface area contributed by atoms with E-state index in [1.165, 1.54) is 19.1 Å². The second-order valence-electron chi connectivity index (χ2n) is 14.7. The fraction of sp³-hybridized carbons (Fsp3) is 0.629. The van der Waals surface area contributed by atoms with Crippen molar-refractivity contribution in [3.8, 4) is 11.5 Å². The Balaban J connectivity index is 1.56. The number of phenolic OH excluding ortho intramolecular Hbond substituents is 1. The highest BCUT2D eigenvalue weighted by Crippen LogP contribution is 2.71. The topological polar surface area (TPSA) is 197 Å². The maximum Gasteiger partial charge on any atom is 0.229 e. The first kappa shape index (κ1) is 34.7. The van der Waals surface area contributed by atoms with Gasteiger partial charge in [0.25, 0.3) is 0 Å². The third kappa shape index (κ3) is 4.82. The van der Waals surface area contributed by atoms with Crippen molar-refractivity contribution in [1.29, 1.82) is 0 Å². The smallest absolute Gasteiger partial charge is 0.229 e. The number of aliphatic hydroxyl groups is 7. The standard InChI is InChI=1S/C35H48O11/c1-16(2)8-11-24(38)35(7,44)30-20(37)13-32(4)23-10-9-18-17(3)26(40)21(12-19(18)34(23,6)25(39)14-33(30,32)5)45-31-29(43)28(42)27(41)22(15-36)46-31/h8-12,20,22-24,27-31,36-38,40-44H,1,13-15H2,2-7H3. The largest absolute Gasteiger partial charge is 0.504 e. The molecule has 0 spiro atoms. The van der Waals surface area contributed by atoms with Crippen LogP contribution < -0.4 is 4.74 Å². The van der Waals surface area contributed by atoms with E-state index in [-0.39, 0.29) is 30.1 Å². The van der Waals surface area contributed by atoms with Gasteiger partial charge in [0.1, 0.15) is 36.3 Å². The van der Waals surface area contributed by atoms with E-state index in [4.69, 9.17) is 9.47 Å². The Morgan fingerprint density at radius 2 is 1.83 bits per heavy atom. The number of ketones is 1. The van der Waals surface area contributed by atoms with Crippen molar-refractivity contribution in [2.45, 2.75) is 108 Å². The quantitative estimate of drug-likeness (QED) is 0.200. The number of Topliss-reactive ketones (excluding diaryl/α,β-unsaturated/α-hetero) is 1. The lowest BCUT2D eigenvalue weighted by Crippen LogP contribution is -2.63. The number of fused-ring (bicyclic) bond motifs is 5. The van der Waals surface area contributed by atoms with E-state index in [0.717, 1.165) is 0 Å². The predicted octanol–water partition coefficient (Wildman–Crippen LogP) is 1.39. The van der Waals surface area contributed by atoms with Crippen molar-refractivity contribution in [1.82, 2.24) is 0 Å². The van der Waals surface area contributed by atoms with Gasteiger partial charge in [-0.25, -0.2) is 0 Å². The molecule has 1 saturated heterocycles. The van der Waals surface area contributed by atoms with E-state index in [0.29, 0.717) is 22.3 Å². The van der Waals surface area contributed by atoms with Crippen LogP contribution in [-0.4, -0.2) is 102 Å². The SMILES string of the molecule is C=C(C)C=CC(O)C(C)(O)C1C(O)CC2(C)C3C=Cc4c(cc(OC5OC(CO)C(O)C(O)C5O)c(O)c4C)C3(C)C(=O)CC12C. The normalized spacial score (nSPS) is 42.2. The first-order valence-corrected chi connectivity index (χ1v) is 15.7. The zero-order chi connectivity index (χ0) is 34.3. The minimum atomic E-state index is -1.78. The van der Waals surface area contributed by atoms with Crippen LogP contribution in [0.2, 0.25) is 0 Å². The van der Waals surface area contributed by atoms with Gasteiger partial charge in [0.05, 0.1) is 23.7 Å². The molecule has 0 aromatic heterocycles. The van der Waals surface area contributed by atoms with Crippen LogP contribution in [0.5, 0.6) is 11.5 Å². The Morgan fingerprint density at radius 3 is 2.43 bits per heavy atom. The highest BCUT2D eigenvalue weighted by Gasteiger charge is 2.72. The van der Waals surface area contributed by atoms with Gasteiger partial charge in [-0.15, -0.1) is 0 Å². The molecule has 8 N–H and O–H groups in total. The second kappa shape index (κ2) is 11.5. The molecule has 1 aromatic rings. The first-order chi connectivity index (χ1) is 21.3. The summed E-state index contributed by atoms with van der Waals surface area (Å²) in [4.78, 5) is 14.5. The average molecular weight is 645 g/mol. The monoisotopic (exact) mass is 644 g/mol. The molecule has 1 aliphatic heterocycles. The number of hydrogen-bond donors (Lipinski definition) is 8. The van der Waals surface area contributed by atoms with Crippen molar-refractivity contribution < 1.29 is 55.1 Å². The number of hydrogen-bond acceptors (Lipinski definition) is 11. The van der Waals surface area contributed by atoms with Crippen LogP contribution in [0.25, 0.3) is 6.08 Å². The molecular formula is C35H48O11. The number of carbonyl (C=O) groups is 1. The summed E-state index contributed by atoms with van der Waals surface area (Å²) in [5.74, 6) is -1.88. The number of rotatable bonds is 7. The highest BCUT2D eigenvalue weighted by molar-refractivity contribution is 5.95. The maximum atomic E-state index is 14.5. The molecule has 11 heteroatoms. The van der Waals surface area contributed by atoms with Gasteiger partial charge in [-0.3, -0.25) is 4.79 Å². The van der Waals surface area contributed by atoms with Crippen LogP contribution in [0, 0.1) is 29.6 Å². The number of ether oxygens (including phenoxy) is 2. The number of aromatic hydroxyl groups is 1. The summed E-state index contributed by atoms with van der Waals surface area (Å²) < 4.78 is 11.4. The van der Waals surface area contributed by atoms with Gasteiger partial charge in [-0.05, 0) is 68.1 Å². The number of allylic oxidation sites excluding steroid dienone is 3. The summed E-state index contributed by atoms with van der Waals surface area (Å²) in [6.07, 6.45) is -3.07. The van der Waals surface area contributed by atoms with Gasteiger partial charge < -0.3 is 50.3 Å².